The van der Waals surface area contributed by atoms with Crippen molar-refractivity contribution in [2.75, 3.05) is 6.61 Å². The van der Waals surface area contributed by atoms with Crippen LogP contribution in [0.15, 0.2) is 79.0 Å². The second-order valence-corrected chi connectivity index (χ2v) is 8.50. The molecule has 0 fully saturated rings. The molecule has 1 aliphatic carbocycles. The number of rotatable bonds is 6. The smallest absolute Gasteiger partial charge is 0.426 e. The van der Waals surface area contributed by atoms with Crippen molar-refractivity contribution in [2.24, 2.45) is 0 Å². The summed E-state index contributed by atoms with van der Waals surface area (Å²) in [5.74, 6) is -1.32. The van der Waals surface area contributed by atoms with E-state index in [0.717, 1.165) is 38.7 Å². The van der Waals surface area contributed by atoms with Crippen molar-refractivity contribution < 1.29 is 24.2 Å². The van der Waals surface area contributed by atoms with Crippen molar-refractivity contribution >= 4 is 29.0 Å². The van der Waals surface area contributed by atoms with E-state index in [9.17, 15) is 19.5 Å². The summed E-state index contributed by atoms with van der Waals surface area (Å²) in [6.07, 6.45) is 0.933. The number of fused-ring (bicyclic) bond motifs is 4. The molecule has 0 aliphatic heterocycles. The van der Waals surface area contributed by atoms with E-state index in [0.29, 0.717) is 0 Å². The van der Waals surface area contributed by atoms with Crippen molar-refractivity contribution in [1.82, 2.24) is 21.2 Å². The summed E-state index contributed by atoms with van der Waals surface area (Å²) in [4.78, 5) is 39.3. The fourth-order valence-corrected chi connectivity index (χ4v) is 4.66. The lowest BCUT2D eigenvalue weighted by Crippen LogP contribution is -2.52. The SMILES string of the molecule is O=C(NNC(=O)OCC1c2ccccc2-c2ccccc21)N[C@H](Cc1c[nH]c2ccccc12)C(=O)O. The summed E-state index contributed by atoms with van der Waals surface area (Å²) in [5, 5.41) is 12.8. The minimum Gasteiger partial charge on any atom is -0.480 e. The van der Waals surface area contributed by atoms with Gasteiger partial charge in [-0.1, -0.05) is 66.7 Å². The molecule has 1 aliphatic rings. The van der Waals surface area contributed by atoms with E-state index in [1.807, 2.05) is 72.8 Å². The maximum atomic E-state index is 12.3. The van der Waals surface area contributed by atoms with Gasteiger partial charge in [-0.2, -0.15) is 0 Å². The summed E-state index contributed by atoms with van der Waals surface area (Å²) < 4.78 is 5.36. The van der Waals surface area contributed by atoms with Gasteiger partial charge in [0.25, 0.3) is 0 Å². The van der Waals surface area contributed by atoms with Gasteiger partial charge in [-0.15, -0.1) is 0 Å². The number of carbonyl (C=O) groups excluding carboxylic acids is 2. The van der Waals surface area contributed by atoms with Crippen LogP contribution in [0, 0.1) is 0 Å². The number of aliphatic carboxylic acids is 1. The third-order valence-corrected chi connectivity index (χ3v) is 6.32. The molecule has 0 unspecified atom stereocenters. The van der Waals surface area contributed by atoms with E-state index in [1.165, 1.54) is 0 Å². The van der Waals surface area contributed by atoms with Crippen LogP contribution in [0.3, 0.4) is 0 Å². The Labute approximate surface area is 206 Å². The molecule has 0 spiro atoms. The van der Waals surface area contributed by atoms with E-state index in [-0.39, 0.29) is 18.9 Å². The molecule has 3 amide bonds. The molecule has 182 valence electrons. The zero-order chi connectivity index (χ0) is 25.1. The molecule has 1 aromatic heterocycles. The molecule has 5 rings (SSSR count). The van der Waals surface area contributed by atoms with Gasteiger partial charge in [0.05, 0.1) is 0 Å². The average Bonchev–Trinajstić information content (AvgIpc) is 3.45. The summed E-state index contributed by atoms with van der Waals surface area (Å²) in [5.41, 5.74) is 10.3. The normalized spacial score (nSPS) is 12.9. The van der Waals surface area contributed by atoms with Crippen LogP contribution in [0.5, 0.6) is 0 Å². The average molecular weight is 485 g/mol. The highest BCUT2D eigenvalue weighted by molar-refractivity contribution is 5.87. The lowest BCUT2D eigenvalue weighted by molar-refractivity contribution is -0.139. The molecule has 1 heterocycles. The van der Waals surface area contributed by atoms with Crippen LogP contribution in [0.4, 0.5) is 9.59 Å². The van der Waals surface area contributed by atoms with Crippen LogP contribution in [0.25, 0.3) is 22.0 Å². The molecule has 9 heteroatoms. The standard InChI is InChI=1S/C27H24N4O5/c32-25(33)24(13-16-14-28-23-12-6-5-7-17(16)23)29-26(34)30-31-27(35)36-15-22-20-10-3-1-8-18(20)19-9-2-4-11-21(19)22/h1-12,14,22,24,28H,13,15H2,(H,31,35)(H,32,33)(H2,29,30,34)/t24-/m1/s1. The first kappa shape index (κ1) is 23.0. The number of urea groups is 1. The Morgan fingerprint density at radius 2 is 1.53 bits per heavy atom. The van der Waals surface area contributed by atoms with Crippen LogP contribution in [-0.4, -0.2) is 40.8 Å². The molecule has 9 nitrogen and oxygen atoms in total. The maximum Gasteiger partial charge on any atom is 0.426 e. The first-order valence-corrected chi connectivity index (χ1v) is 11.5. The predicted molar refractivity (Wildman–Crippen MR) is 133 cm³/mol. The zero-order valence-electron chi connectivity index (χ0n) is 19.2. The second kappa shape index (κ2) is 9.83. The number of hydrazine groups is 1. The van der Waals surface area contributed by atoms with Crippen LogP contribution >= 0.6 is 0 Å². The number of para-hydroxylation sites is 1. The van der Waals surface area contributed by atoms with E-state index in [4.69, 9.17) is 4.74 Å². The van der Waals surface area contributed by atoms with E-state index >= 15 is 0 Å². The van der Waals surface area contributed by atoms with E-state index in [1.54, 1.807) is 6.20 Å². The lowest BCUT2D eigenvalue weighted by Gasteiger charge is -2.16. The van der Waals surface area contributed by atoms with Gasteiger partial charge in [0.2, 0.25) is 0 Å². The largest absolute Gasteiger partial charge is 0.480 e. The molecular formula is C27H24N4O5. The fourth-order valence-electron chi connectivity index (χ4n) is 4.66. The minimum absolute atomic E-state index is 0.0672. The predicted octanol–water partition coefficient (Wildman–Crippen LogP) is 3.92. The molecule has 1 atom stereocenters. The highest BCUT2D eigenvalue weighted by Crippen LogP contribution is 2.44. The number of hydrogen-bond acceptors (Lipinski definition) is 4. The molecule has 5 N–H and O–H groups in total. The number of hydrogen-bond donors (Lipinski definition) is 5. The van der Waals surface area contributed by atoms with Gasteiger partial charge in [0.15, 0.2) is 0 Å². The monoisotopic (exact) mass is 484 g/mol. The van der Waals surface area contributed by atoms with E-state index < -0.39 is 24.1 Å². The number of nitrogens with one attached hydrogen (secondary N) is 4. The Balaban J connectivity index is 1.15. The Bertz CT molecular complexity index is 1400. The Kier molecular flexibility index (Phi) is 6.27. The first-order valence-electron chi connectivity index (χ1n) is 11.5. The lowest BCUT2D eigenvalue weighted by atomic mass is 9.98. The molecular weight excluding hydrogens is 460 g/mol. The maximum absolute atomic E-state index is 12.3. The number of ether oxygens (including phenoxy) is 1. The van der Waals surface area contributed by atoms with Gasteiger partial charge in [0, 0.05) is 29.4 Å². The number of benzene rings is 3. The van der Waals surface area contributed by atoms with Crippen LogP contribution in [0.1, 0.15) is 22.6 Å². The molecule has 0 bridgehead atoms. The Morgan fingerprint density at radius 1 is 0.889 bits per heavy atom. The topological polar surface area (TPSA) is 133 Å². The summed E-state index contributed by atoms with van der Waals surface area (Å²) in [6, 6.07) is 21.3. The van der Waals surface area contributed by atoms with Gasteiger partial charge in [-0.3, -0.25) is 0 Å². The summed E-state index contributed by atoms with van der Waals surface area (Å²) in [7, 11) is 0. The molecule has 4 aromatic rings. The number of aromatic amines is 1. The van der Waals surface area contributed by atoms with Crippen molar-refractivity contribution in [2.45, 2.75) is 18.4 Å². The number of carboxylic acid groups (broad SMARTS) is 1. The van der Waals surface area contributed by atoms with Gasteiger partial charge in [0.1, 0.15) is 12.6 Å². The van der Waals surface area contributed by atoms with Gasteiger partial charge in [-0.05, 0) is 33.9 Å². The molecule has 36 heavy (non-hydrogen) atoms. The van der Waals surface area contributed by atoms with Crippen LogP contribution in [0.2, 0.25) is 0 Å². The molecule has 0 radical (unpaired) electrons. The highest BCUT2D eigenvalue weighted by Gasteiger charge is 2.29. The third-order valence-electron chi connectivity index (χ3n) is 6.32. The van der Waals surface area contributed by atoms with Crippen molar-refractivity contribution in [3.63, 3.8) is 0 Å². The summed E-state index contributed by atoms with van der Waals surface area (Å²) in [6.45, 7) is 0.0848. The van der Waals surface area contributed by atoms with E-state index in [2.05, 4.69) is 21.2 Å². The minimum atomic E-state index is -1.20. The Hall–Kier alpha value is -4.79. The highest BCUT2D eigenvalue weighted by atomic mass is 16.6. The quantitative estimate of drug-likeness (QED) is 0.265. The number of carboxylic acids is 1. The fraction of sp³-hybridized carbons (Fsp3) is 0.148. The van der Waals surface area contributed by atoms with Crippen molar-refractivity contribution in [3.8, 4) is 11.1 Å². The molecule has 0 saturated carbocycles. The van der Waals surface area contributed by atoms with Crippen LogP contribution in [-0.2, 0) is 16.0 Å². The van der Waals surface area contributed by atoms with Gasteiger partial charge < -0.3 is 20.1 Å². The van der Waals surface area contributed by atoms with Crippen molar-refractivity contribution in [1.29, 1.82) is 0 Å². The Morgan fingerprint density at radius 3 is 2.22 bits per heavy atom. The first-order chi connectivity index (χ1) is 17.5. The van der Waals surface area contributed by atoms with Crippen molar-refractivity contribution in [3.05, 3.63) is 95.7 Å². The van der Waals surface area contributed by atoms with Gasteiger partial charge in [-0.25, -0.2) is 25.2 Å². The van der Waals surface area contributed by atoms with Gasteiger partial charge >= 0.3 is 18.1 Å². The number of amides is 3. The number of carbonyl (C=O) groups is 3. The third kappa shape index (κ3) is 4.58. The summed E-state index contributed by atoms with van der Waals surface area (Å²) >= 11 is 0. The number of aromatic nitrogens is 1. The second-order valence-electron chi connectivity index (χ2n) is 8.50. The molecule has 3 aromatic carbocycles. The van der Waals surface area contributed by atoms with Crippen LogP contribution < -0.4 is 16.2 Å². The number of H-pyrrole nitrogens is 1. The molecule has 0 saturated heterocycles. The zero-order valence-corrected chi connectivity index (χ0v) is 19.2.